The number of hydrogen-bond acceptors (Lipinski definition) is 5. The molecule has 0 radical (unpaired) electrons. The third kappa shape index (κ3) is 5.59. The highest BCUT2D eigenvalue weighted by Crippen LogP contribution is 2.36. The molecule has 27 heavy (non-hydrogen) atoms. The number of hydrogen-bond donors (Lipinski definition) is 0. The van der Waals surface area contributed by atoms with Crippen molar-refractivity contribution in [1.82, 2.24) is 4.90 Å². The molecule has 1 heterocycles. The fourth-order valence-corrected chi connectivity index (χ4v) is 3.68. The Labute approximate surface area is 166 Å². The molecule has 0 atom stereocenters. The van der Waals surface area contributed by atoms with Gasteiger partial charge in [-0.2, -0.15) is 0 Å². The van der Waals surface area contributed by atoms with Crippen LogP contribution >= 0.6 is 11.8 Å². The van der Waals surface area contributed by atoms with Crippen molar-refractivity contribution in [3.05, 3.63) is 34.7 Å². The molecule has 0 aromatic heterocycles. The Morgan fingerprint density at radius 2 is 1.67 bits per heavy atom. The number of ether oxygens (including phenoxy) is 2. The lowest BCUT2D eigenvalue weighted by molar-refractivity contribution is -0.136. The summed E-state index contributed by atoms with van der Waals surface area (Å²) in [5, 5.41) is 0. The third-order valence-electron chi connectivity index (χ3n) is 3.91. The maximum Gasteiger partial charge on any atom is 0.267 e. The summed E-state index contributed by atoms with van der Waals surface area (Å²) in [6.07, 6.45) is 0.856. The summed E-state index contributed by atoms with van der Waals surface area (Å²) in [6, 6.07) is 7.38. The Kier molecular flexibility index (Phi) is 7.92. The minimum absolute atomic E-state index is 0.0829. The number of carbonyl (C=O) groups is 2. The fraction of sp³-hybridized carbons (Fsp3) is 0.524. The molecule has 6 heteroatoms. The van der Waals surface area contributed by atoms with Crippen LogP contribution in [-0.4, -0.2) is 47.8 Å². The van der Waals surface area contributed by atoms with Crippen LogP contribution in [0, 0.1) is 0 Å². The summed E-state index contributed by atoms with van der Waals surface area (Å²) >= 11 is 1.42. The van der Waals surface area contributed by atoms with Gasteiger partial charge in [0.05, 0.1) is 22.7 Å². The number of thioether (sulfide) groups is 1. The van der Waals surface area contributed by atoms with Crippen LogP contribution in [-0.2, 0) is 14.3 Å². The number of nitrogens with zero attached hydrogens (tertiary/aromatic N) is 1. The van der Waals surface area contributed by atoms with Gasteiger partial charge in [-0.15, -0.1) is 11.8 Å². The van der Waals surface area contributed by atoms with Crippen molar-refractivity contribution in [2.75, 3.05) is 18.9 Å². The van der Waals surface area contributed by atoms with Crippen molar-refractivity contribution in [1.29, 1.82) is 0 Å². The highest BCUT2D eigenvalue weighted by Gasteiger charge is 2.38. The van der Waals surface area contributed by atoms with Gasteiger partial charge >= 0.3 is 0 Å². The van der Waals surface area contributed by atoms with Gasteiger partial charge in [0.2, 0.25) is 0 Å². The van der Waals surface area contributed by atoms with E-state index in [1.54, 1.807) is 0 Å². The molecule has 2 rings (SSSR count). The monoisotopic (exact) mass is 391 g/mol. The number of carbonyl (C=O) groups excluding carboxylic acids is 2. The van der Waals surface area contributed by atoms with Crippen LogP contribution in [0.3, 0.4) is 0 Å². The predicted octanol–water partition coefficient (Wildman–Crippen LogP) is 4.12. The molecule has 0 aliphatic carbocycles. The standard InChI is InChI=1S/C21H29NO4S/c1-6-27-19-18(16-8-10-17(11-9-16)26-15(4)5)20(23)22(21(19)24)12-7-13-25-14(2)3/h8-11,14-15H,6-7,12-13H2,1-5H3. The summed E-state index contributed by atoms with van der Waals surface area (Å²) in [6.45, 7) is 10.7. The zero-order valence-corrected chi connectivity index (χ0v) is 17.6. The lowest BCUT2D eigenvalue weighted by Crippen LogP contribution is -2.33. The summed E-state index contributed by atoms with van der Waals surface area (Å²) in [5.41, 5.74) is 1.24. The van der Waals surface area contributed by atoms with E-state index >= 15 is 0 Å². The predicted molar refractivity (Wildman–Crippen MR) is 110 cm³/mol. The van der Waals surface area contributed by atoms with Gasteiger partial charge in [-0.05, 0) is 57.6 Å². The van der Waals surface area contributed by atoms with E-state index in [0.29, 0.717) is 30.1 Å². The normalized spacial score (nSPS) is 14.9. The molecule has 5 nitrogen and oxygen atoms in total. The first-order valence-electron chi connectivity index (χ1n) is 9.47. The molecule has 0 fully saturated rings. The van der Waals surface area contributed by atoms with E-state index in [0.717, 1.165) is 17.1 Å². The first kappa shape index (κ1) is 21.5. The molecule has 0 unspecified atom stereocenters. The molecule has 148 valence electrons. The van der Waals surface area contributed by atoms with Crippen molar-refractivity contribution in [2.24, 2.45) is 0 Å². The molecule has 2 amide bonds. The highest BCUT2D eigenvalue weighted by molar-refractivity contribution is 8.04. The zero-order valence-electron chi connectivity index (χ0n) is 16.8. The second-order valence-electron chi connectivity index (χ2n) is 6.86. The van der Waals surface area contributed by atoms with Crippen LogP contribution in [0.4, 0.5) is 0 Å². The van der Waals surface area contributed by atoms with E-state index < -0.39 is 0 Å². The van der Waals surface area contributed by atoms with Crippen molar-refractivity contribution in [3.63, 3.8) is 0 Å². The second-order valence-corrected chi connectivity index (χ2v) is 8.14. The Morgan fingerprint density at radius 1 is 1.00 bits per heavy atom. The van der Waals surface area contributed by atoms with E-state index in [1.807, 2.05) is 58.9 Å². The van der Waals surface area contributed by atoms with Gasteiger partial charge in [-0.25, -0.2) is 0 Å². The van der Waals surface area contributed by atoms with Crippen LogP contribution in [0.15, 0.2) is 29.2 Å². The van der Waals surface area contributed by atoms with Gasteiger partial charge < -0.3 is 9.47 Å². The van der Waals surface area contributed by atoms with Crippen LogP contribution in [0.25, 0.3) is 5.57 Å². The largest absolute Gasteiger partial charge is 0.491 e. The molecule has 0 N–H and O–H groups in total. The molecule has 0 saturated heterocycles. The average Bonchev–Trinajstić information content (AvgIpc) is 2.83. The minimum Gasteiger partial charge on any atom is -0.491 e. The number of amides is 2. The van der Waals surface area contributed by atoms with Crippen molar-refractivity contribution >= 4 is 29.1 Å². The lowest BCUT2D eigenvalue weighted by atomic mass is 10.1. The zero-order chi connectivity index (χ0) is 20.0. The van der Waals surface area contributed by atoms with Gasteiger partial charge in [0.25, 0.3) is 11.8 Å². The molecule has 0 spiro atoms. The van der Waals surface area contributed by atoms with E-state index in [4.69, 9.17) is 9.47 Å². The highest BCUT2D eigenvalue weighted by atomic mass is 32.2. The first-order chi connectivity index (χ1) is 12.8. The molecule has 1 aromatic rings. The first-order valence-corrected chi connectivity index (χ1v) is 10.5. The molecule has 1 aromatic carbocycles. The smallest absolute Gasteiger partial charge is 0.267 e. The molecule has 1 aliphatic heterocycles. The number of rotatable bonds is 10. The average molecular weight is 392 g/mol. The Hall–Kier alpha value is -1.79. The molecule has 1 aliphatic rings. The van der Waals surface area contributed by atoms with E-state index in [1.165, 1.54) is 16.7 Å². The minimum atomic E-state index is -0.224. The fourth-order valence-electron chi connectivity index (χ4n) is 2.80. The number of benzene rings is 1. The molecule has 0 saturated carbocycles. The van der Waals surface area contributed by atoms with Crippen LogP contribution in [0.5, 0.6) is 5.75 Å². The molecule has 0 bridgehead atoms. The van der Waals surface area contributed by atoms with Crippen LogP contribution in [0.2, 0.25) is 0 Å². The van der Waals surface area contributed by atoms with Gasteiger partial charge in [-0.3, -0.25) is 14.5 Å². The van der Waals surface area contributed by atoms with Gasteiger partial charge in [0.15, 0.2) is 0 Å². The van der Waals surface area contributed by atoms with E-state index in [9.17, 15) is 9.59 Å². The Balaban J connectivity index is 2.18. The van der Waals surface area contributed by atoms with Gasteiger partial charge in [0.1, 0.15) is 5.75 Å². The van der Waals surface area contributed by atoms with Crippen molar-refractivity contribution < 1.29 is 19.1 Å². The SMILES string of the molecule is CCSC1=C(c2ccc(OC(C)C)cc2)C(=O)N(CCCOC(C)C)C1=O. The number of imide groups is 1. The van der Waals surface area contributed by atoms with Gasteiger partial charge in [-0.1, -0.05) is 19.1 Å². The molecular weight excluding hydrogens is 362 g/mol. The summed E-state index contributed by atoms with van der Waals surface area (Å²) in [7, 11) is 0. The maximum absolute atomic E-state index is 13.0. The maximum atomic E-state index is 13.0. The topological polar surface area (TPSA) is 55.8 Å². The summed E-state index contributed by atoms with van der Waals surface area (Å²) in [5.74, 6) is 1.06. The van der Waals surface area contributed by atoms with Crippen molar-refractivity contribution in [2.45, 2.75) is 53.2 Å². The lowest BCUT2D eigenvalue weighted by Gasteiger charge is -2.16. The van der Waals surface area contributed by atoms with Gasteiger partial charge in [0, 0.05) is 13.2 Å². The van der Waals surface area contributed by atoms with Crippen molar-refractivity contribution in [3.8, 4) is 5.75 Å². The quantitative estimate of drug-likeness (QED) is 0.443. The van der Waals surface area contributed by atoms with E-state index in [-0.39, 0.29) is 24.0 Å². The van der Waals surface area contributed by atoms with E-state index in [2.05, 4.69) is 0 Å². The van der Waals surface area contributed by atoms with Crippen LogP contribution < -0.4 is 4.74 Å². The Morgan fingerprint density at radius 3 is 2.22 bits per heavy atom. The molecular formula is C21H29NO4S. The summed E-state index contributed by atoms with van der Waals surface area (Å²) in [4.78, 5) is 27.6. The Bertz CT molecular complexity index is 695. The van der Waals surface area contributed by atoms with Crippen LogP contribution in [0.1, 0.15) is 46.6 Å². The summed E-state index contributed by atoms with van der Waals surface area (Å²) < 4.78 is 11.2. The third-order valence-corrected chi connectivity index (χ3v) is 4.86. The second kappa shape index (κ2) is 9.95.